The zero-order valence-electron chi connectivity index (χ0n) is 18.3. The molecule has 2 aromatic rings. The van der Waals surface area contributed by atoms with Gasteiger partial charge in [-0.3, -0.25) is 9.69 Å². The van der Waals surface area contributed by atoms with Gasteiger partial charge in [0.1, 0.15) is 5.75 Å². The van der Waals surface area contributed by atoms with Gasteiger partial charge in [-0.05, 0) is 67.8 Å². The van der Waals surface area contributed by atoms with Crippen molar-refractivity contribution in [1.29, 1.82) is 0 Å². The van der Waals surface area contributed by atoms with Crippen molar-refractivity contribution in [3.05, 3.63) is 59.1 Å². The number of halogens is 1. The van der Waals surface area contributed by atoms with Crippen LogP contribution in [0.5, 0.6) is 5.75 Å². The van der Waals surface area contributed by atoms with Gasteiger partial charge >= 0.3 is 0 Å². The number of ether oxygens (including phenoxy) is 1. The molecule has 2 fully saturated rings. The Kier molecular flexibility index (Phi) is 7.03. The first-order valence-corrected chi connectivity index (χ1v) is 11.6. The van der Waals surface area contributed by atoms with Gasteiger partial charge in [0.05, 0.1) is 12.5 Å². The molecular formula is C25H32ClN3O2. The van der Waals surface area contributed by atoms with Gasteiger partial charge in [-0.1, -0.05) is 30.2 Å². The van der Waals surface area contributed by atoms with Crippen LogP contribution in [-0.2, 0) is 10.2 Å². The summed E-state index contributed by atoms with van der Waals surface area (Å²) < 4.78 is 5.24. The highest BCUT2D eigenvalue weighted by Gasteiger charge is 2.45. The van der Waals surface area contributed by atoms with E-state index in [0.717, 1.165) is 76.3 Å². The number of rotatable bonds is 8. The van der Waals surface area contributed by atoms with E-state index in [4.69, 9.17) is 16.3 Å². The molecule has 0 unspecified atom stereocenters. The molecule has 1 saturated heterocycles. The third-order valence-corrected chi connectivity index (χ3v) is 7.04. The van der Waals surface area contributed by atoms with Crippen molar-refractivity contribution in [2.75, 3.05) is 51.3 Å². The van der Waals surface area contributed by atoms with Crippen LogP contribution in [0.15, 0.2) is 48.5 Å². The second-order valence-corrected chi connectivity index (χ2v) is 9.02. The summed E-state index contributed by atoms with van der Waals surface area (Å²) in [4.78, 5) is 17.9. The number of nitrogens with zero attached hydrogens (tertiary/aromatic N) is 2. The second-order valence-electron chi connectivity index (χ2n) is 8.58. The maximum atomic E-state index is 13.0. The molecule has 1 saturated carbocycles. The smallest absolute Gasteiger partial charge is 0.230 e. The zero-order valence-corrected chi connectivity index (χ0v) is 19.0. The summed E-state index contributed by atoms with van der Waals surface area (Å²) in [6.07, 6.45) is 3.93. The van der Waals surface area contributed by atoms with E-state index in [1.54, 1.807) is 7.11 Å². The normalized spacial score (nSPS) is 18.3. The van der Waals surface area contributed by atoms with Crippen molar-refractivity contribution in [3.8, 4) is 5.75 Å². The molecule has 0 bridgehead atoms. The molecule has 0 radical (unpaired) electrons. The van der Waals surface area contributed by atoms with Crippen LogP contribution in [0.4, 0.5) is 5.69 Å². The Hall–Kier alpha value is -2.24. The molecule has 0 atom stereocenters. The second kappa shape index (κ2) is 9.92. The minimum atomic E-state index is -0.353. The average Bonchev–Trinajstić information content (AvgIpc) is 2.78. The van der Waals surface area contributed by atoms with E-state index < -0.39 is 0 Å². The third kappa shape index (κ3) is 4.99. The molecule has 5 nitrogen and oxygen atoms in total. The molecule has 2 aliphatic rings. The largest absolute Gasteiger partial charge is 0.497 e. The van der Waals surface area contributed by atoms with E-state index in [1.807, 2.05) is 36.4 Å². The average molecular weight is 442 g/mol. The summed E-state index contributed by atoms with van der Waals surface area (Å²) >= 11 is 6.02. The van der Waals surface area contributed by atoms with Crippen molar-refractivity contribution in [2.24, 2.45) is 0 Å². The summed E-state index contributed by atoms with van der Waals surface area (Å²) in [6, 6.07) is 16.1. The van der Waals surface area contributed by atoms with Crippen LogP contribution in [0.25, 0.3) is 0 Å². The number of carbonyl (C=O) groups is 1. The first-order chi connectivity index (χ1) is 15.1. The molecule has 2 aromatic carbocycles. The van der Waals surface area contributed by atoms with E-state index in [0.29, 0.717) is 5.02 Å². The highest BCUT2D eigenvalue weighted by molar-refractivity contribution is 6.30. The minimum absolute atomic E-state index is 0.172. The Morgan fingerprint density at radius 3 is 2.29 bits per heavy atom. The number of amides is 1. The fraction of sp³-hybridized carbons (Fsp3) is 0.480. The Morgan fingerprint density at radius 1 is 1.03 bits per heavy atom. The predicted octanol–water partition coefficient (Wildman–Crippen LogP) is 4.10. The van der Waals surface area contributed by atoms with Gasteiger partial charge in [0.2, 0.25) is 5.91 Å². The van der Waals surface area contributed by atoms with E-state index >= 15 is 0 Å². The van der Waals surface area contributed by atoms with Crippen LogP contribution in [0.3, 0.4) is 0 Å². The summed E-state index contributed by atoms with van der Waals surface area (Å²) in [7, 11) is 1.69. The maximum Gasteiger partial charge on any atom is 0.230 e. The Balaban J connectivity index is 1.19. The standard InChI is InChI=1S/C25H32ClN3O2/c1-31-23-10-8-22(9-11-23)29-18-16-28(17-19-29)15-3-14-27-24(30)25(12-2-13-25)20-4-6-21(26)7-5-20/h4-11H,2-3,12-19H2,1H3,(H,27,30). The lowest BCUT2D eigenvalue weighted by atomic mass is 9.64. The first kappa shape index (κ1) is 22.0. The molecule has 1 N–H and O–H groups in total. The van der Waals surface area contributed by atoms with Crippen molar-refractivity contribution >= 4 is 23.2 Å². The number of anilines is 1. The summed E-state index contributed by atoms with van der Waals surface area (Å²) in [6.45, 7) is 5.90. The van der Waals surface area contributed by atoms with E-state index in [2.05, 4.69) is 27.2 Å². The first-order valence-electron chi connectivity index (χ1n) is 11.3. The lowest BCUT2D eigenvalue weighted by Crippen LogP contribution is -2.50. The number of methoxy groups -OCH3 is 1. The SMILES string of the molecule is COc1ccc(N2CCN(CCCNC(=O)C3(c4ccc(Cl)cc4)CCC3)CC2)cc1. The quantitative estimate of drug-likeness (QED) is 0.626. The van der Waals surface area contributed by atoms with E-state index in [1.165, 1.54) is 5.69 Å². The summed E-state index contributed by atoms with van der Waals surface area (Å²) in [5.74, 6) is 1.06. The molecule has 1 aliphatic heterocycles. The van der Waals surface area contributed by atoms with Crippen LogP contribution in [0, 0.1) is 0 Å². The molecule has 4 rings (SSSR count). The van der Waals surface area contributed by atoms with Gasteiger partial charge in [-0.15, -0.1) is 0 Å². The monoisotopic (exact) mass is 441 g/mol. The molecule has 0 spiro atoms. The van der Waals surface area contributed by atoms with Crippen LogP contribution >= 0.6 is 11.6 Å². The number of hydrogen-bond donors (Lipinski definition) is 1. The third-order valence-electron chi connectivity index (χ3n) is 6.79. The number of hydrogen-bond acceptors (Lipinski definition) is 4. The predicted molar refractivity (Wildman–Crippen MR) is 126 cm³/mol. The van der Waals surface area contributed by atoms with Crippen LogP contribution in [0.2, 0.25) is 5.02 Å². The lowest BCUT2D eigenvalue weighted by Gasteiger charge is -2.41. The van der Waals surface area contributed by atoms with Gasteiger partial charge in [0.25, 0.3) is 0 Å². The molecule has 31 heavy (non-hydrogen) atoms. The van der Waals surface area contributed by atoms with Crippen molar-refractivity contribution in [2.45, 2.75) is 31.1 Å². The van der Waals surface area contributed by atoms with Crippen LogP contribution < -0.4 is 15.0 Å². The van der Waals surface area contributed by atoms with Gasteiger partial charge in [-0.2, -0.15) is 0 Å². The Labute approximate surface area is 190 Å². The molecule has 0 aromatic heterocycles. The summed E-state index contributed by atoms with van der Waals surface area (Å²) in [5.41, 5.74) is 1.99. The van der Waals surface area contributed by atoms with Crippen LogP contribution in [0.1, 0.15) is 31.2 Å². The van der Waals surface area contributed by atoms with Gasteiger partial charge in [-0.25, -0.2) is 0 Å². The Bertz CT molecular complexity index is 857. The van der Waals surface area contributed by atoms with E-state index in [-0.39, 0.29) is 11.3 Å². The number of benzene rings is 2. The molecule has 1 amide bonds. The summed E-state index contributed by atoms with van der Waals surface area (Å²) in [5, 5.41) is 3.92. The molecule has 6 heteroatoms. The Morgan fingerprint density at radius 2 is 1.71 bits per heavy atom. The number of nitrogens with one attached hydrogen (secondary N) is 1. The minimum Gasteiger partial charge on any atom is -0.497 e. The number of carbonyl (C=O) groups excluding carboxylic acids is 1. The van der Waals surface area contributed by atoms with Crippen molar-refractivity contribution in [1.82, 2.24) is 10.2 Å². The van der Waals surface area contributed by atoms with Crippen molar-refractivity contribution < 1.29 is 9.53 Å². The molecule has 166 valence electrons. The van der Waals surface area contributed by atoms with Gasteiger partial charge in [0.15, 0.2) is 0 Å². The van der Waals surface area contributed by atoms with E-state index in [9.17, 15) is 4.79 Å². The zero-order chi connectivity index (χ0) is 21.7. The number of piperazine rings is 1. The highest BCUT2D eigenvalue weighted by atomic mass is 35.5. The highest BCUT2D eigenvalue weighted by Crippen LogP contribution is 2.44. The maximum absolute atomic E-state index is 13.0. The topological polar surface area (TPSA) is 44.8 Å². The van der Waals surface area contributed by atoms with Gasteiger partial charge < -0.3 is 15.0 Å². The molecule has 1 heterocycles. The van der Waals surface area contributed by atoms with Gasteiger partial charge in [0, 0.05) is 43.4 Å². The fourth-order valence-electron chi connectivity index (χ4n) is 4.64. The molecular weight excluding hydrogens is 410 g/mol. The fourth-order valence-corrected chi connectivity index (χ4v) is 4.77. The molecule has 1 aliphatic carbocycles. The van der Waals surface area contributed by atoms with Crippen molar-refractivity contribution in [3.63, 3.8) is 0 Å². The van der Waals surface area contributed by atoms with Crippen LogP contribution in [-0.4, -0.2) is 57.2 Å². The lowest BCUT2D eigenvalue weighted by molar-refractivity contribution is -0.129.